The fourth-order valence-electron chi connectivity index (χ4n) is 2.61. The van der Waals surface area contributed by atoms with E-state index in [1.54, 1.807) is 20.8 Å². The summed E-state index contributed by atoms with van der Waals surface area (Å²) < 4.78 is 24.4. The van der Waals surface area contributed by atoms with Gasteiger partial charge in [0.25, 0.3) is 5.69 Å². The molecule has 1 aromatic carbocycles. The molecule has 0 radical (unpaired) electrons. The normalized spacial score (nSPS) is 14.8. The maximum atomic E-state index is 14.0. The van der Waals surface area contributed by atoms with Crippen molar-refractivity contribution >= 4 is 11.8 Å². The summed E-state index contributed by atoms with van der Waals surface area (Å²) in [5, 5.41) is 14.8. The van der Waals surface area contributed by atoms with E-state index in [9.17, 15) is 19.3 Å². The van der Waals surface area contributed by atoms with Crippen LogP contribution in [0.2, 0.25) is 0 Å². The van der Waals surface area contributed by atoms with Gasteiger partial charge in [-0.05, 0) is 33.8 Å². The van der Waals surface area contributed by atoms with E-state index < -0.39 is 22.4 Å². The summed E-state index contributed by atoms with van der Waals surface area (Å²) in [4.78, 5) is 28.0. The number of hydrogen-bond acceptors (Lipinski definition) is 7. The summed E-state index contributed by atoms with van der Waals surface area (Å²) >= 11 is 0. The van der Waals surface area contributed by atoms with Gasteiger partial charge in [-0.3, -0.25) is 10.1 Å². The Morgan fingerprint density at radius 1 is 1.41 bits per heavy atom. The van der Waals surface area contributed by atoms with Crippen molar-refractivity contribution in [1.82, 2.24) is 15.0 Å². The lowest BCUT2D eigenvalue weighted by Gasteiger charge is -2.37. The van der Waals surface area contributed by atoms with Crippen LogP contribution in [0.1, 0.15) is 38.1 Å². The molecule has 0 saturated carbocycles. The van der Waals surface area contributed by atoms with Crippen LogP contribution in [0.4, 0.5) is 14.9 Å². The fraction of sp³-hybridized carbons (Fsp3) is 0.471. The molecule has 3 rings (SSSR count). The Morgan fingerprint density at radius 2 is 2.07 bits per heavy atom. The monoisotopic (exact) mass is 378 g/mol. The number of carbonyl (C=O) groups is 1. The Balaban J connectivity index is 1.72. The fourth-order valence-corrected chi connectivity index (χ4v) is 2.61. The van der Waals surface area contributed by atoms with Crippen molar-refractivity contribution in [1.29, 1.82) is 0 Å². The minimum Gasteiger partial charge on any atom is -0.444 e. The molecule has 9 nitrogen and oxygen atoms in total. The predicted molar refractivity (Wildman–Crippen MR) is 91.6 cm³/mol. The number of ether oxygens (including phenoxy) is 1. The second kappa shape index (κ2) is 6.60. The molecule has 1 aliphatic heterocycles. The van der Waals surface area contributed by atoms with Crippen molar-refractivity contribution in [2.75, 3.05) is 13.1 Å². The van der Waals surface area contributed by atoms with Crippen LogP contribution in [-0.4, -0.2) is 44.7 Å². The first-order valence-corrected chi connectivity index (χ1v) is 8.31. The number of aromatic nitrogens is 2. The Labute approximate surface area is 154 Å². The third-order valence-corrected chi connectivity index (χ3v) is 4.10. The van der Waals surface area contributed by atoms with Gasteiger partial charge in [0.05, 0.1) is 16.4 Å². The highest BCUT2D eigenvalue weighted by atomic mass is 19.1. The Morgan fingerprint density at radius 3 is 2.67 bits per heavy atom. The zero-order valence-electron chi connectivity index (χ0n) is 15.4. The molecular weight excluding hydrogens is 359 g/mol. The molecule has 0 spiro atoms. The van der Waals surface area contributed by atoms with Crippen molar-refractivity contribution in [3.8, 4) is 11.4 Å². The number of rotatable bonds is 3. The molecule has 0 aliphatic carbocycles. The predicted octanol–water partition coefficient (Wildman–Crippen LogP) is 3.43. The van der Waals surface area contributed by atoms with Gasteiger partial charge in [-0.1, -0.05) is 5.16 Å². The van der Waals surface area contributed by atoms with Crippen LogP contribution in [-0.2, 0) is 4.74 Å². The maximum absolute atomic E-state index is 14.0. The highest BCUT2D eigenvalue weighted by Gasteiger charge is 2.38. The number of carbonyl (C=O) groups excluding carboxylic acids is 1. The number of nitro groups is 1. The molecule has 0 bridgehead atoms. The number of amides is 1. The van der Waals surface area contributed by atoms with Crippen molar-refractivity contribution in [3.05, 3.63) is 39.5 Å². The lowest BCUT2D eigenvalue weighted by Crippen LogP contribution is -2.50. The average molecular weight is 378 g/mol. The molecule has 0 N–H and O–H groups in total. The van der Waals surface area contributed by atoms with Crippen LogP contribution in [0.5, 0.6) is 0 Å². The minimum absolute atomic E-state index is 0.0561. The van der Waals surface area contributed by atoms with Gasteiger partial charge >= 0.3 is 6.09 Å². The standard InChI is InChI=1S/C17H19FN4O5/c1-9-12(18)5-10(6-13(9)22(24)25)14-19-15(27-20-14)11-7-21(8-11)16(23)26-17(2,3)4/h5-6,11H,7-8H2,1-4H3. The van der Waals surface area contributed by atoms with Gasteiger partial charge < -0.3 is 14.2 Å². The maximum Gasteiger partial charge on any atom is 0.410 e. The first kappa shape index (κ1) is 18.7. The zero-order valence-corrected chi connectivity index (χ0v) is 15.4. The highest BCUT2D eigenvalue weighted by molar-refractivity contribution is 5.69. The molecule has 144 valence electrons. The highest BCUT2D eigenvalue weighted by Crippen LogP contribution is 2.31. The number of likely N-dealkylation sites (tertiary alicyclic amines) is 1. The molecule has 1 fully saturated rings. The molecule has 2 heterocycles. The minimum atomic E-state index is -0.717. The Bertz CT molecular complexity index is 899. The number of halogens is 1. The summed E-state index contributed by atoms with van der Waals surface area (Å²) in [5.41, 5.74) is -0.831. The van der Waals surface area contributed by atoms with Gasteiger partial charge in [0.1, 0.15) is 11.4 Å². The van der Waals surface area contributed by atoms with Crippen molar-refractivity contribution in [2.45, 2.75) is 39.2 Å². The number of nitrogens with zero attached hydrogens (tertiary/aromatic N) is 4. The first-order valence-electron chi connectivity index (χ1n) is 8.31. The second-order valence-electron chi connectivity index (χ2n) is 7.40. The van der Waals surface area contributed by atoms with Crippen LogP contribution in [0, 0.1) is 22.9 Å². The smallest absolute Gasteiger partial charge is 0.410 e. The van der Waals surface area contributed by atoms with Crippen molar-refractivity contribution < 1.29 is 23.4 Å². The Kier molecular flexibility index (Phi) is 4.58. The van der Waals surface area contributed by atoms with Crippen LogP contribution in [0.25, 0.3) is 11.4 Å². The molecule has 1 amide bonds. The van der Waals surface area contributed by atoms with Crippen LogP contribution < -0.4 is 0 Å². The molecule has 0 unspecified atom stereocenters. The summed E-state index contributed by atoms with van der Waals surface area (Å²) in [5.74, 6) is -0.537. The largest absolute Gasteiger partial charge is 0.444 e. The van der Waals surface area contributed by atoms with Crippen LogP contribution >= 0.6 is 0 Å². The number of benzene rings is 1. The zero-order chi connectivity index (χ0) is 19.9. The van der Waals surface area contributed by atoms with Crippen LogP contribution in [0.3, 0.4) is 0 Å². The third-order valence-electron chi connectivity index (χ3n) is 4.10. The molecular formula is C17H19FN4O5. The van der Waals surface area contributed by atoms with E-state index in [0.29, 0.717) is 13.1 Å². The topological polar surface area (TPSA) is 112 Å². The molecule has 1 aliphatic rings. The van der Waals surface area contributed by atoms with E-state index in [4.69, 9.17) is 9.26 Å². The average Bonchev–Trinajstić information content (AvgIpc) is 2.95. The lowest BCUT2D eigenvalue weighted by molar-refractivity contribution is -0.385. The van der Waals surface area contributed by atoms with E-state index in [0.717, 1.165) is 6.07 Å². The SMILES string of the molecule is Cc1c(F)cc(-c2noc(C3CN(C(=O)OC(C)(C)C)C3)n2)cc1[N+](=O)[O-]. The molecule has 27 heavy (non-hydrogen) atoms. The summed E-state index contributed by atoms with van der Waals surface area (Å²) in [7, 11) is 0. The molecule has 2 aromatic rings. The summed E-state index contributed by atoms with van der Waals surface area (Å²) in [6.45, 7) is 7.40. The van der Waals surface area contributed by atoms with E-state index in [1.165, 1.54) is 17.9 Å². The van der Waals surface area contributed by atoms with E-state index in [-0.39, 0.29) is 34.4 Å². The van der Waals surface area contributed by atoms with Crippen molar-refractivity contribution in [3.63, 3.8) is 0 Å². The molecule has 1 saturated heterocycles. The van der Waals surface area contributed by atoms with Gasteiger partial charge in [-0.25, -0.2) is 9.18 Å². The Hall–Kier alpha value is -3.04. The summed E-state index contributed by atoms with van der Waals surface area (Å²) in [6.07, 6.45) is -0.422. The quantitative estimate of drug-likeness (QED) is 0.594. The van der Waals surface area contributed by atoms with E-state index in [1.807, 2.05) is 0 Å². The summed E-state index contributed by atoms with van der Waals surface area (Å²) in [6, 6.07) is 2.34. The molecule has 1 aromatic heterocycles. The van der Waals surface area contributed by atoms with Gasteiger partial charge in [0.15, 0.2) is 0 Å². The van der Waals surface area contributed by atoms with Gasteiger partial charge in [0.2, 0.25) is 11.7 Å². The molecule has 0 atom stereocenters. The molecule has 10 heteroatoms. The lowest BCUT2D eigenvalue weighted by atomic mass is 10.0. The third kappa shape index (κ3) is 3.88. The second-order valence-corrected chi connectivity index (χ2v) is 7.40. The van der Waals surface area contributed by atoms with Gasteiger partial charge in [-0.15, -0.1) is 0 Å². The number of hydrogen-bond donors (Lipinski definition) is 0. The van der Waals surface area contributed by atoms with E-state index >= 15 is 0 Å². The van der Waals surface area contributed by atoms with Gasteiger partial charge in [0, 0.05) is 24.7 Å². The van der Waals surface area contributed by atoms with Gasteiger partial charge in [-0.2, -0.15) is 4.98 Å². The number of nitro benzene ring substituents is 1. The first-order chi connectivity index (χ1) is 12.5. The van der Waals surface area contributed by atoms with Crippen LogP contribution in [0.15, 0.2) is 16.7 Å². The van der Waals surface area contributed by atoms with E-state index in [2.05, 4.69) is 10.1 Å². The van der Waals surface area contributed by atoms with Crippen molar-refractivity contribution in [2.24, 2.45) is 0 Å².